The summed E-state index contributed by atoms with van der Waals surface area (Å²) in [4.78, 5) is 7.17. The van der Waals surface area contributed by atoms with E-state index >= 15 is 0 Å². The fraction of sp³-hybridized carbons (Fsp3) is 0.0909. The number of aromatic nitrogens is 3. The maximum Gasteiger partial charge on any atom is 0.319 e. The van der Waals surface area contributed by atoms with Gasteiger partial charge >= 0.3 is 6.01 Å². The van der Waals surface area contributed by atoms with Gasteiger partial charge in [0.25, 0.3) is 0 Å². The molecule has 16 heavy (non-hydrogen) atoms. The van der Waals surface area contributed by atoms with E-state index in [1.54, 1.807) is 0 Å². The second-order valence-electron chi connectivity index (χ2n) is 3.69. The molecule has 0 aliphatic rings. The van der Waals surface area contributed by atoms with Gasteiger partial charge in [0.15, 0.2) is 0 Å². The Bertz CT molecular complexity index is 653. The second kappa shape index (κ2) is 3.10. The third kappa shape index (κ3) is 1.25. The highest BCUT2D eigenvalue weighted by Crippen LogP contribution is 2.24. The second-order valence-corrected chi connectivity index (χ2v) is 3.69. The Morgan fingerprint density at radius 1 is 1.38 bits per heavy atom. The van der Waals surface area contributed by atoms with E-state index in [1.807, 2.05) is 31.3 Å². The van der Waals surface area contributed by atoms with E-state index in [-0.39, 0.29) is 6.01 Å². The van der Waals surface area contributed by atoms with Crippen LogP contribution in [0.4, 0.5) is 6.01 Å². The van der Waals surface area contributed by atoms with Crippen LogP contribution in [0.3, 0.4) is 0 Å². The molecule has 0 spiro atoms. The lowest BCUT2D eigenvalue weighted by molar-refractivity contribution is 0.437. The third-order valence-electron chi connectivity index (χ3n) is 2.59. The molecule has 0 fully saturated rings. The predicted octanol–water partition coefficient (Wildman–Crippen LogP) is 2.11. The zero-order valence-corrected chi connectivity index (χ0v) is 8.69. The number of H-pyrrole nitrogens is 1. The molecule has 80 valence electrons. The van der Waals surface area contributed by atoms with E-state index < -0.39 is 0 Å². The number of anilines is 1. The number of aryl methyl sites for hydroxylation is 1. The van der Waals surface area contributed by atoms with Crippen LogP contribution >= 0.6 is 0 Å². The van der Waals surface area contributed by atoms with Crippen LogP contribution in [0.5, 0.6) is 0 Å². The first-order chi connectivity index (χ1) is 7.74. The molecule has 0 saturated heterocycles. The molecule has 5 heteroatoms. The van der Waals surface area contributed by atoms with Crippen molar-refractivity contribution in [1.29, 1.82) is 0 Å². The van der Waals surface area contributed by atoms with E-state index in [0.29, 0.717) is 5.82 Å². The van der Waals surface area contributed by atoms with E-state index in [1.165, 1.54) is 5.56 Å². The Labute approximate surface area is 91.3 Å². The smallest absolute Gasteiger partial charge is 0.319 e. The number of hydrogen-bond acceptors (Lipinski definition) is 4. The van der Waals surface area contributed by atoms with Gasteiger partial charge in [-0.1, -0.05) is 5.16 Å². The van der Waals surface area contributed by atoms with Gasteiger partial charge < -0.3 is 15.2 Å². The van der Waals surface area contributed by atoms with Crippen LogP contribution in [-0.2, 0) is 0 Å². The van der Waals surface area contributed by atoms with Crippen LogP contribution in [0, 0.1) is 6.92 Å². The minimum atomic E-state index is 0.0842. The van der Waals surface area contributed by atoms with Crippen LogP contribution in [0.1, 0.15) is 5.56 Å². The molecule has 5 nitrogen and oxygen atoms in total. The van der Waals surface area contributed by atoms with Crippen molar-refractivity contribution in [2.45, 2.75) is 6.92 Å². The van der Waals surface area contributed by atoms with Crippen LogP contribution in [-0.4, -0.2) is 15.1 Å². The third-order valence-corrected chi connectivity index (χ3v) is 2.59. The van der Waals surface area contributed by atoms with E-state index in [0.717, 1.165) is 16.5 Å². The van der Waals surface area contributed by atoms with E-state index in [4.69, 9.17) is 10.3 Å². The van der Waals surface area contributed by atoms with Crippen LogP contribution in [0.15, 0.2) is 28.9 Å². The van der Waals surface area contributed by atoms with Crippen molar-refractivity contribution >= 4 is 16.9 Å². The summed E-state index contributed by atoms with van der Waals surface area (Å²) in [6.07, 6.45) is 1.97. The highest BCUT2D eigenvalue weighted by Gasteiger charge is 2.08. The van der Waals surface area contributed by atoms with Crippen LogP contribution in [0.25, 0.3) is 22.3 Å². The topological polar surface area (TPSA) is 80.7 Å². The van der Waals surface area contributed by atoms with Crippen molar-refractivity contribution in [1.82, 2.24) is 15.1 Å². The van der Waals surface area contributed by atoms with Crippen molar-refractivity contribution < 1.29 is 4.52 Å². The maximum atomic E-state index is 5.39. The summed E-state index contributed by atoms with van der Waals surface area (Å²) in [6.45, 7) is 2.05. The molecule has 2 heterocycles. The molecule has 0 atom stereocenters. The van der Waals surface area contributed by atoms with Crippen molar-refractivity contribution in [2.75, 3.05) is 5.73 Å². The van der Waals surface area contributed by atoms with E-state index in [2.05, 4.69) is 15.1 Å². The Morgan fingerprint density at radius 2 is 2.25 bits per heavy atom. The van der Waals surface area contributed by atoms with Crippen molar-refractivity contribution in [3.8, 4) is 11.4 Å². The van der Waals surface area contributed by atoms with Gasteiger partial charge in [-0.2, -0.15) is 4.98 Å². The number of rotatable bonds is 1. The first-order valence-corrected chi connectivity index (χ1v) is 4.91. The monoisotopic (exact) mass is 214 g/mol. The van der Waals surface area contributed by atoms with Gasteiger partial charge in [0.05, 0.1) is 0 Å². The van der Waals surface area contributed by atoms with Gasteiger partial charge in [-0.15, -0.1) is 0 Å². The van der Waals surface area contributed by atoms with E-state index in [9.17, 15) is 0 Å². The fourth-order valence-corrected chi connectivity index (χ4v) is 1.75. The number of nitrogens with zero attached hydrogens (tertiary/aromatic N) is 2. The molecule has 0 unspecified atom stereocenters. The number of nitrogens with one attached hydrogen (secondary N) is 1. The zero-order valence-electron chi connectivity index (χ0n) is 8.69. The molecule has 0 aliphatic carbocycles. The lowest BCUT2D eigenvalue weighted by atomic mass is 10.1. The molecule has 0 aliphatic heterocycles. The molecule has 0 saturated carbocycles. The zero-order chi connectivity index (χ0) is 11.1. The molecule has 3 rings (SSSR count). The minimum absolute atomic E-state index is 0.0842. The summed E-state index contributed by atoms with van der Waals surface area (Å²) in [7, 11) is 0. The standard InChI is InChI=1S/C11H10N4O/c1-6-5-13-9-3-2-7(4-8(6)9)10-14-11(12)16-15-10/h2-5,13H,1H3,(H2,12,14,15). The summed E-state index contributed by atoms with van der Waals surface area (Å²) >= 11 is 0. The average Bonchev–Trinajstić information content (AvgIpc) is 2.86. The van der Waals surface area contributed by atoms with Crippen LogP contribution < -0.4 is 5.73 Å². The average molecular weight is 214 g/mol. The fourth-order valence-electron chi connectivity index (χ4n) is 1.75. The molecule has 0 radical (unpaired) electrons. The highest BCUT2D eigenvalue weighted by molar-refractivity contribution is 5.86. The largest absolute Gasteiger partial charge is 0.361 e. The summed E-state index contributed by atoms with van der Waals surface area (Å²) < 4.78 is 4.75. The van der Waals surface area contributed by atoms with Crippen molar-refractivity contribution in [3.63, 3.8) is 0 Å². The molecule has 3 aromatic rings. The molecule has 0 bridgehead atoms. The Hall–Kier alpha value is -2.30. The van der Waals surface area contributed by atoms with Gasteiger partial charge in [0, 0.05) is 22.7 Å². The van der Waals surface area contributed by atoms with Gasteiger partial charge in [0.1, 0.15) is 0 Å². The number of fused-ring (bicyclic) bond motifs is 1. The summed E-state index contributed by atoms with van der Waals surface area (Å²) in [6, 6.07) is 6.03. The lowest BCUT2D eigenvalue weighted by Crippen LogP contribution is -1.84. The van der Waals surface area contributed by atoms with Gasteiger partial charge in [0.2, 0.25) is 5.82 Å². The number of nitrogen functional groups attached to an aromatic ring is 1. The van der Waals surface area contributed by atoms with Gasteiger partial charge in [-0.3, -0.25) is 0 Å². The van der Waals surface area contributed by atoms with Gasteiger partial charge in [-0.05, 0) is 30.7 Å². The molecular weight excluding hydrogens is 204 g/mol. The van der Waals surface area contributed by atoms with Crippen molar-refractivity contribution in [3.05, 3.63) is 30.0 Å². The number of hydrogen-bond donors (Lipinski definition) is 2. The molecule has 0 amide bonds. The van der Waals surface area contributed by atoms with Crippen LogP contribution in [0.2, 0.25) is 0 Å². The maximum absolute atomic E-state index is 5.39. The van der Waals surface area contributed by atoms with Crippen molar-refractivity contribution in [2.24, 2.45) is 0 Å². The Kier molecular flexibility index (Phi) is 1.73. The summed E-state index contributed by atoms with van der Waals surface area (Å²) in [5, 5.41) is 4.94. The molecule has 1 aromatic carbocycles. The first-order valence-electron chi connectivity index (χ1n) is 4.91. The normalized spacial score (nSPS) is 11.1. The summed E-state index contributed by atoms with van der Waals surface area (Å²) in [5.74, 6) is 0.514. The minimum Gasteiger partial charge on any atom is -0.361 e. The SMILES string of the molecule is Cc1c[nH]c2ccc(-c3noc(N)n3)cc12. The Morgan fingerprint density at radius 3 is 3.00 bits per heavy atom. The molecule has 3 N–H and O–H groups in total. The summed E-state index contributed by atoms with van der Waals surface area (Å²) in [5.41, 5.74) is 8.57. The quantitative estimate of drug-likeness (QED) is 0.650. The predicted molar refractivity (Wildman–Crippen MR) is 60.7 cm³/mol. The number of benzene rings is 1. The lowest BCUT2D eigenvalue weighted by Gasteiger charge is -1.95. The Balaban J connectivity index is 2.21. The first kappa shape index (κ1) is 8.96. The number of nitrogens with two attached hydrogens (primary N) is 1. The van der Waals surface area contributed by atoms with Gasteiger partial charge in [-0.25, -0.2) is 0 Å². The highest BCUT2D eigenvalue weighted by atomic mass is 16.5. The molecule has 2 aromatic heterocycles. The molecular formula is C11H10N4O. The number of aromatic amines is 1.